The van der Waals surface area contributed by atoms with E-state index in [4.69, 9.17) is 32.7 Å². The van der Waals surface area contributed by atoms with Gasteiger partial charge in [0.15, 0.2) is 0 Å². The number of ether oxygens (including phenoxy) is 2. The van der Waals surface area contributed by atoms with Crippen LogP contribution in [0.15, 0.2) is 48.5 Å². The summed E-state index contributed by atoms with van der Waals surface area (Å²) in [6.07, 6.45) is 2.81. The zero-order valence-corrected chi connectivity index (χ0v) is 19.6. The zero-order chi connectivity index (χ0) is 22.1. The Balaban J connectivity index is 1.49. The van der Waals surface area contributed by atoms with E-state index in [-0.39, 0.29) is 17.8 Å². The van der Waals surface area contributed by atoms with Gasteiger partial charge in [0.05, 0.1) is 19.1 Å². The molecule has 0 bridgehead atoms. The molecule has 0 radical (unpaired) electrons. The second-order valence-corrected chi connectivity index (χ2v) is 8.82. The topological polar surface area (TPSA) is 38.8 Å². The molecule has 168 valence electrons. The Morgan fingerprint density at radius 3 is 2.23 bits per heavy atom. The van der Waals surface area contributed by atoms with E-state index < -0.39 is 0 Å². The summed E-state index contributed by atoms with van der Waals surface area (Å²) in [5.41, 5.74) is 2.42. The molecule has 0 aliphatic carbocycles. The molecule has 1 atom stereocenters. The van der Waals surface area contributed by atoms with Crippen LogP contribution in [0.5, 0.6) is 0 Å². The van der Waals surface area contributed by atoms with E-state index in [1.165, 1.54) is 11.1 Å². The molecule has 0 N–H and O–H groups in total. The lowest BCUT2D eigenvalue weighted by molar-refractivity contribution is -0.150. The highest BCUT2D eigenvalue weighted by Gasteiger charge is 2.26. The van der Waals surface area contributed by atoms with Crippen LogP contribution in [0.25, 0.3) is 0 Å². The monoisotopic (exact) mass is 463 g/mol. The number of carbonyl (C=O) groups is 1. The van der Waals surface area contributed by atoms with Gasteiger partial charge in [-0.05, 0) is 68.1 Å². The third-order valence-corrected chi connectivity index (χ3v) is 6.28. The van der Waals surface area contributed by atoms with Gasteiger partial charge < -0.3 is 14.4 Å². The van der Waals surface area contributed by atoms with Gasteiger partial charge >= 0.3 is 5.97 Å². The van der Waals surface area contributed by atoms with Crippen LogP contribution < -0.4 is 0 Å². The van der Waals surface area contributed by atoms with Gasteiger partial charge in [-0.1, -0.05) is 47.5 Å². The van der Waals surface area contributed by atoms with Crippen LogP contribution in [-0.2, 0) is 14.3 Å². The molecule has 0 saturated carbocycles. The molecular weight excluding hydrogens is 433 g/mol. The van der Waals surface area contributed by atoms with Gasteiger partial charge in [0, 0.05) is 35.7 Å². The predicted octanol–water partition coefficient (Wildman–Crippen LogP) is 5.81. The number of piperidine rings is 1. The molecule has 2 aromatic rings. The van der Waals surface area contributed by atoms with Gasteiger partial charge in [0.25, 0.3) is 0 Å². The van der Waals surface area contributed by atoms with Crippen LogP contribution in [0.1, 0.15) is 43.2 Å². The maximum Gasteiger partial charge on any atom is 0.310 e. The van der Waals surface area contributed by atoms with Crippen molar-refractivity contribution in [2.24, 2.45) is 5.92 Å². The van der Waals surface area contributed by atoms with Crippen molar-refractivity contribution in [2.75, 3.05) is 39.5 Å². The summed E-state index contributed by atoms with van der Waals surface area (Å²) in [6, 6.07) is 16.0. The highest BCUT2D eigenvalue weighted by molar-refractivity contribution is 6.30. The van der Waals surface area contributed by atoms with Crippen molar-refractivity contribution in [1.82, 2.24) is 4.90 Å². The molecule has 31 heavy (non-hydrogen) atoms. The molecule has 0 spiro atoms. The number of nitrogens with zero attached hydrogens (tertiary/aromatic N) is 1. The van der Waals surface area contributed by atoms with Crippen LogP contribution in [0, 0.1) is 5.92 Å². The lowest BCUT2D eigenvalue weighted by Crippen LogP contribution is -2.40. The lowest BCUT2D eigenvalue weighted by Gasteiger charge is -2.31. The minimum atomic E-state index is -0.0677. The van der Waals surface area contributed by atoms with Crippen LogP contribution >= 0.6 is 23.2 Å². The third kappa shape index (κ3) is 7.50. The third-order valence-electron chi connectivity index (χ3n) is 5.77. The van der Waals surface area contributed by atoms with E-state index in [1.54, 1.807) is 0 Å². The van der Waals surface area contributed by atoms with Gasteiger partial charge in [-0.2, -0.15) is 0 Å². The summed E-state index contributed by atoms with van der Waals surface area (Å²) in [6.45, 7) is 6.23. The fourth-order valence-corrected chi connectivity index (χ4v) is 4.38. The fraction of sp³-hybridized carbons (Fsp3) is 0.480. The molecule has 2 aromatic carbocycles. The number of halogens is 2. The smallest absolute Gasteiger partial charge is 0.310 e. The first-order valence-corrected chi connectivity index (χ1v) is 11.8. The maximum absolute atomic E-state index is 12.0. The summed E-state index contributed by atoms with van der Waals surface area (Å²) in [5, 5.41) is 1.47. The lowest BCUT2D eigenvalue weighted by atomic mass is 9.89. The van der Waals surface area contributed by atoms with Gasteiger partial charge in [-0.3, -0.25) is 4.79 Å². The quantitative estimate of drug-likeness (QED) is 0.329. The van der Waals surface area contributed by atoms with E-state index in [1.807, 2.05) is 31.2 Å². The van der Waals surface area contributed by atoms with Crippen molar-refractivity contribution < 1.29 is 14.3 Å². The van der Waals surface area contributed by atoms with Crippen molar-refractivity contribution in [3.63, 3.8) is 0 Å². The highest BCUT2D eigenvalue weighted by Crippen LogP contribution is 2.30. The largest absolute Gasteiger partial charge is 0.466 e. The van der Waals surface area contributed by atoms with Crippen LogP contribution in [0.3, 0.4) is 0 Å². The number of carbonyl (C=O) groups excluding carboxylic acids is 1. The number of hydrogen-bond acceptors (Lipinski definition) is 4. The molecule has 4 nitrogen and oxygen atoms in total. The van der Waals surface area contributed by atoms with Crippen LogP contribution in [-0.4, -0.2) is 50.3 Å². The number of hydrogen-bond donors (Lipinski definition) is 0. The molecule has 3 rings (SSSR count). The standard InChI is InChI=1S/C25H31Cl2NO3/c1-2-31-25(29)21-4-3-14-28(18-21)15-17-30-16-13-24(19-5-9-22(26)10-6-19)20-7-11-23(27)12-8-20/h5-12,21,24H,2-4,13-18H2,1H3/t21-/m1/s1. The molecule has 1 fully saturated rings. The normalized spacial score (nSPS) is 17.1. The second-order valence-electron chi connectivity index (χ2n) is 7.95. The highest BCUT2D eigenvalue weighted by atomic mass is 35.5. The SMILES string of the molecule is CCOC(=O)[C@@H]1CCCN(CCOCCC(c2ccc(Cl)cc2)c2ccc(Cl)cc2)C1. The minimum absolute atomic E-state index is 0.00658. The van der Waals surface area contributed by atoms with Gasteiger partial charge in [-0.15, -0.1) is 0 Å². The summed E-state index contributed by atoms with van der Waals surface area (Å²) in [5.74, 6) is 0.146. The number of rotatable bonds is 10. The number of likely N-dealkylation sites (tertiary alicyclic amines) is 1. The summed E-state index contributed by atoms with van der Waals surface area (Å²) >= 11 is 12.1. The molecular formula is C25H31Cl2NO3. The summed E-state index contributed by atoms with van der Waals surface area (Å²) < 4.78 is 11.2. The molecule has 1 aliphatic rings. The molecule has 0 amide bonds. The van der Waals surface area contributed by atoms with E-state index in [0.717, 1.165) is 48.9 Å². The summed E-state index contributed by atoms with van der Waals surface area (Å²) in [4.78, 5) is 14.3. The average Bonchev–Trinajstić information content (AvgIpc) is 2.78. The van der Waals surface area contributed by atoms with Crippen molar-refractivity contribution in [2.45, 2.75) is 32.1 Å². The first-order chi connectivity index (χ1) is 15.1. The van der Waals surface area contributed by atoms with Gasteiger partial charge in [0.1, 0.15) is 0 Å². The van der Waals surface area contributed by atoms with Crippen molar-refractivity contribution in [3.05, 3.63) is 69.7 Å². The Bertz CT molecular complexity index is 765. The number of benzene rings is 2. The van der Waals surface area contributed by atoms with Crippen LogP contribution in [0.2, 0.25) is 10.0 Å². The van der Waals surface area contributed by atoms with E-state index in [0.29, 0.717) is 19.8 Å². The first kappa shape index (κ1) is 24.1. The first-order valence-electron chi connectivity index (χ1n) is 11.0. The summed E-state index contributed by atoms with van der Waals surface area (Å²) in [7, 11) is 0. The van der Waals surface area contributed by atoms with E-state index >= 15 is 0 Å². The van der Waals surface area contributed by atoms with Crippen LogP contribution in [0.4, 0.5) is 0 Å². The Morgan fingerprint density at radius 2 is 1.65 bits per heavy atom. The van der Waals surface area contributed by atoms with Gasteiger partial charge in [0.2, 0.25) is 0 Å². The molecule has 0 aromatic heterocycles. The van der Waals surface area contributed by atoms with Crippen molar-refractivity contribution in [1.29, 1.82) is 0 Å². The van der Waals surface area contributed by atoms with Gasteiger partial charge in [-0.25, -0.2) is 0 Å². The van der Waals surface area contributed by atoms with Crippen molar-refractivity contribution >= 4 is 29.2 Å². The Morgan fingerprint density at radius 1 is 1.03 bits per heavy atom. The Hall–Kier alpha value is -1.59. The van der Waals surface area contributed by atoms with E-state index in [9.17, 15) is 4.79 Å². The molecule has 1 saturated heterocycles. The molecule has 0 unspecified atom stereocenters. The van der Waals surface area contributed by atoms with E-state index in [2.05, 4.69) is 29.2 Å². The average molecular weight is 464 g/mol. The predicted molar refractivity (Wildman–Crippen MR) is 126 cm³/mol. The number of esters is 1. The Kier molecular flexibility index (Phi) is 9.66. The van der Waals surface area contributed by atoms with Crippen molar-refractivity contribution in [3.8, 4) is 0 Å². The second kappa shape index (κ2) is 12.4. The zero-order valence-electron chi connectivity index (χ0n) is 18.1. The maximum atomic E-state index is 12.0. The molecule has 6 heteroatoms. The molecule has 1 aliphatic heterocycles. The Labute approximate surface area is 195 Å². The fourth-order valence-electron chi connectivity index (χ4n) is 4.12. The molecule has 1 heterocycles. The minimum Gasteiger partial charge on any atom is -0.466 e.